The predicted octanol–water partition coefficient (Wildman–Crippen LogP) is 0.955. The standard InChI is InChI=1S/C6H11F2NO2/c1-4(2)3-11-9-6(10)5(7)8/h4-5H,3H2,1-2H3,(H,9,10). The number of alkyl halides is 2. The lowest BCUT2D eigenvalue weighted by Gasteiger charge is -2.06. The monoisotopic (exact) mass is 167 g/mol. The summed E-state index contributed by atoms with van der Waals surface area (Å²) < 4.78 is 22.9. The molecule has 11 heavy (non-hydrogen) atoms. The van der Waals surface area contributed by atoms with Crippen molar-refractivity contribution in [2.75, 3.05) is 6.61 Å². The van der Waals surface area contributed by atoms with Crippen molar-refractivity contribution >= 4 is 5.91 Å². The lowest BCUT2D eigenvalue weighted by Crippen LogP contribution is -2.30. The fourth-order valence-corrected chi connectivity index (χ4v) is 0.324. The highest BCUT2D eigenvalue weighted by atomic mass is 19.3. The lowest BCUT2D eigenvalue weighted by atomic mass is 10.2. The van der Waals surface area contributed by atoms with Gasteiger partial charge in [0.15, 0.2) is 0 Å². The molecule has 0 aliphatic rings. The van der Waals surface area contributed by atoms with Gasteiger partial charge in [0.1, 0.15) is 0 Å². The minimum Gasteiger partial charge on any atom is -0.273 e. The fraction of sp³-hybridized carbons (Fsp3) is 0.833. The first kappa shape index (κ1) is 10.3. The molecule has 0 aromatic rings. The maximum atomic E-state index is 11.5. The summed E-state index contributed by atoms with van der Waals surface area (Å²) >= 11 is 0. The molecule has 0 atom stereocenters. The molecule has 0 aromatic carbocycles. The van der Waals surface area contributed by atoms with Crippen molar-refractivity contribution in [2.24, 2.45) is 5.92 Å². The van der Waals surface area contributed by atoms with Crippen LogP contribution in [0.3, 0.4) is 0 Å². The summed E-state index contributed by atoms with van der Waals surface area (Å²) in [7, 11) is 0. The van der Waals surface area contributed by atoms with E-state index >= 15 is 0 Å². The summed E-state index contributed by atoms with van der Waals surface area (Å²) in [6, 6.07) is 0. The highest BCUT2D eigenvalue weighted by Gasteiger charge is 2.14. The van der Waals surface area contributed by atoms with Gasteiger partial charge in [0.2, 0.25) is 0 Å². The Kier molecular flexibility index (Phi) is 4.69. The Hall–Kier alpha value is -0.710. The molecule has 0 bridgehead atoms. The normalized spacial score (nSPS) is 10.7. The molecule has 66 valence electrons. The Bertz CT molecular complexity index is 128. The molecule has 0 fully saturated rings. The van der Waals surface area contributed by atoms with E-state index in [-0.39, 0.29) is 12.5 Å². The average Bonchev–Trinajstić information content (AvgIpc) is 1.86. The minimum atomic E-state index is -3.01. The summed E-state index contributed by atoms with van der Waals surface area (Å²) in [6.45, 7) is 3.92. The molecule has 0 radical (unpaired) electrons. The Morgan fingerprint density at radius 1 is 1.55 bits per heavy atom. The lowest BCUT2D eigenvalue weighted by molar-refractivity contribution is -0.145. The Labute approximate surface area is 63.7 Å². The van der Waals surface area contributed by atoms with Crippen molar-refractivity contribution in [1.82, 2.24) is 5.48 Å². The molecule has 0 aliphatic heterocycles. The number of amides is 1. The molecule has 1 amide bonds. The van der Waals surface area contributed by atoms with Gasteiger partial charge in [0, 0.05) is 0 Å². The number of carbonyl (C=O) groups excluding carboxylic acids is 1. The topological polar surface area (TPSA) is 38.3 Å². The first-order valence-corrected chi connectivity index (χ1v) is 3.23. The van der Waals surface area contributed by atoms with E-state index < -0.39 is 12.3 Å². The van der Waals surface area contributed by atoms with E-state index in [9.17, 15) is 13.6 Å². The molecule has 1 N–H and O–H groups in total. The number of hydrogen-bond donors (Lipinski definition) is 1. The zero-order valence-electron chi connectivity index (χ0n) is 6.43. The number of hydroxylamine groups is 1. The van der Waals surface area contributed by atoms with Crippen LogP contribution in [-0.4, -0.2) is 18.9 Å². The van der Waals surface area contributed by atoms with Crippen LogP contribution in [0.5, 0.6) is 0 Å². The van der Waals surface area contributed by atoms with Gasteiger partial charge in [-0.05, 0) is 5.92 Å². The van der Waals surface area contributed by atoms with Gasteiger partial charge in [-0.15, -0.1) is 0 Å². The van der Waals surface area contributed by atoms with Crippen LogP contribution in [0, 0.1) is 5.92 Å². The number of rotatable bonds is 4. The predicted molar refractivity (Wildman–Crippen MR) is 34.9 cm³/mol. The van der Waals surface area contributed by atoms with Gasteiger partial charge < -0.3 is 0 Å². The van der Waals surface area contributed by atoms with Crippen molar-refractivity contribution in [3.8, 4) is 0 Å². The smallest absolute Gasteiger partial charge is 0.273 e. The van der Waals surface area contributed by atoms with Crippen LogP contribution in [0.15, 0.2) is 0 Å². The van der Waals surface area contributed by atoms with Crippen molar-refractivity contribution in [2.45, 2.75) is 20.3 Å². The van der Waals surface area contributed by atoms with Crippen LogP contribution in [0.4, 0.5) is 8.78 Å². The third-order valence-corrected chi connectivity index (χ3v) is 0.788. The molecular weight excluding hydrogens is 156 g/mol. The Morgan fingerprint density at radius 2 is 2.09 bits per heavy atom. The molecule has 0 aliphatic carbocycles. The average molecular weight is 167 g/mol. The van der Waals surface area contributed by atoms with E-state index in [2.05, 4.69) is 4.84 Å². The SMILES string of the molecule is CC(C)CONC(=O)C(F)F. The second-order valence-corrected chi connectivity index (χ2v) is 2.47. The van der Waals surface area contributed by atoms with Gasteiger partial charge in [-0.1, -0.05) is 13.8 Å². The maximum Gasteiger partial charge on any atom is 0.317 e. The molecule has 0 aromatic heterocycles. The van der Waals surface area contributed by atoms with Crippen molar-refractivity contribution < 1.29 is 18.4 Å². The molecule has 0 spiro atoms. The zero-order chi connectivity index (χ0) is 8.85. The van der Waals surface area contributed by atoms with Crippen molar-refractivity contribution in [3.63, 3.8) is 0 Å². The maximum absolute atomic E-state index is 11.5. The summed E-state index contributed by atoms with van der Waals surface area (Å²) in [4.78, 5) is 14.6. The van der Waals surface area contributed by atoms with Crippen LogP contribution in [-0.2, 0) is 9.63 Å². The van der Waals surface area contributed by atoms with Crippen molar-refractivity contribution in [3.05, 3.63) is 0 Å². The molecule has 0 unspecified atom stereocenters. The van der Waals surface area contributed by atoms with Gasteiger partial charge in [-0.3, -0.25) is 9.63 Å². The van der Waals surface area contributed by atoms with Crippen LogP contribution in [0.1, 0.15) is 13.8 Å². The molecule has 0 rings (SSSR count). The largest absolute Gasteiger partial charge is 0.317 e. The molecule has 3 nitrogen and oxygen atoms in total. The molecule has 5 heteroatoms. The highest BCUT2D eigenvalue weighted by molar-refractivity contribution is 5.77. The van der Waals surface area contributed by atoms with Gasteiger partial charge >= 0.3 is 12.3 Å². The highest BCUT2D eigenvalue weighted by Crippen LogP contribution is 1.93. The van der Waals surface area contributed by atoms with Crippen molar-refractivity contribution in [1.29, 1.82) is 0 Å². The minimum absolute atomic E-state index is 0.202. The zero-order valence-corrected chi connectivity index (χ0v) is 6.43. The second-order valence-electron chi connectivity index (χ2n) is 2.47. The summed E-state index contributed by atoms with van der Waals surface area (Å²) in [6.07, 6.45) is -3.01. The number of carbonyl (C=O) groups is 1. The van der Waals surface area contributed by atoms with Gasteiger partial charge in [0.25, 0.3) is 0 Å². The third kappa shape index (κ3) is 5.72. The van der Waals surface area contributed by atoms with Gasteiger partial charge in [-0.25, -0.2) is 5.48 Å². The number of nitrogens with one attached hydrogen (secondary N) is 1. The molecular formula is C6H11F2NO2. The van der Waals surface area contributed by atoms with E-state index in [0.29, 0.717) is 0 Å². The van der Waals surface area contributed by atoms with E-state index in [4.69, 9.17) is 0 Å². The summed E-state index contributed by atoms with van der Waals surface area (Å²) in [5.41, 5.74) is 1.62. The van der Waals surface area contributed by atoms with E-state index in [1.54, 1.807) is 5.48 Å². The van der Waals surface area contributed by atoms with E-state index in [1.807, 2.05) is 13.8 Å². The number of hydrogen-bond acceptors (Lipinski definition) is 2. The summed E-state index contributed by atoms with van der Waals surface area (Å²) in [5, 5.41) is 0. The van der Waals surface area contributed by atoms with Crippen LogP contribution < -0.4 is 5.48 Å². The van der Waals surface area contributed by atoms with Crippen LogP contribution >= 0.6 is 0 Å². The number of halogens is 2. The first-order chi connectivity index (χ1) is 5.04. The summed E-state index contributed by atoms with van der Waals surface area (Å²) in [5.74, 6) is -1.20. The quantitative estimate of drug-likeness (QED) is 0.633. The molecule has 0 saturated carbocycles. The van der Waals surface area contributed by atoms with Crippen LogP contribution in [0.25, 0.3) is 0 Å². The Morgan fingerprint density at radius 3 is 2.45 bits per heavy atom. The van der Waals surface area contributed by atoms with E-state index in [1.165, 1.54) is 0 Å². The molecule has 0 saturated heterocycles. The first-order valence-electron chi connectivity index (χ1n) is 3.23. The Balaban J connectivity index is 3.32. The third-order valence-electron chi connectivity index (χ3n) is 0.788. The second kappa shape index (κ2) is 5.01. The van der Waals surface area contributed by atoms with Crippen LogP contribution in [0.2, 0.25) is 0 Å². The van der Waals surface area contributed by atoms with E-state index in [0.717, 1.165) is 0 Å². The molecule has 0 heterocycles. The fourth-order valence-electron chi connectivity index (χ4n) is 0.324. The van der Waals surface area contributed by atoms with Gasteiger partial charge in [-0.2, -0.15) is 8.78 Å². The van der Waals surface area contributed by atoms with Gasteiger partial charge in [0.05, 0.1) is 6.61 Å².